The van der Waals surface area contributed by atoms with Crippen molar-refractivity contribution in [2.24, 2.45) is 0 Å². The summed E-state index contributed by atoms with van der Waals surface area (Å²) >= 11 is 7.42. The number of carbonyl (C=O) groups is 2. The molecule has 214 valence electrons. The van der Waals surface area contributed by atoms with Crippen molar-refractivity contribution in [3.05, 3.63) is 106 Å². The van der Waals surface area contributed by atoms with Gasteiger partial charge in [-0.2, -0.15) is 0 Å². The third-order valence-electron chi connectivity index (χ3n) is 7.82. The number of esters is 1. The fraction of sp³-hybridized carbons (Fsp3) is 0.344. The Balaban J connectivity index is 1.32. The van der Waals surface area contributed by atoms with Crippen molar-refractivity contribution >= 4 is 39.7 Å². The Morgan fingerprint density at radius 3 is 2.41 bits per heavy atom. The highest BCUT2D eigenvalue weighted by molar-refractivity contribution is 7.17. The molecule has 3 aromatic rings. The van der Waals surface area contributed by atoms with Gasteiger partial charge in [-0.05, 0) is 36.6 Å². The summed E-state index contributed by atoms with van der Waals surface area (Å²) in [5.41, 5.74) is 8.69. The van der Waals surface area contributed by atoms with Gasteiger partial charge >= 0.3 is 5.97 Å². The summed E-state index contributed by atoms with van der Waals surface area (Å²) in [6.07, 6.45) is 9.74. The predicted octanol–water partition coefficient (Wildman–Crippen LogP) is 5.37. The van der Waals surface area contributed by atoms with Gasteiger partial charge in [-0.25, -0.2) is 4.98 Å². The number of ketones is 1. The van der Waals surface area contributed by atoms with Crippen LogP contribution in [-0.2, 0) is 16.0 Å². The zero-order valence-electron chi connectivity index (χ0n) is 23.2. The lowest BCUT2D eigenvalue weighted by Crippen LogP contribution is -2.59. The standard InChI is InChI=1S/C32H35ClN4O3S/c1-2-40-28(39)21-26-30(34)41-31(35-26)27(38)22-36-17-19-37(20-18-36)32(15-7-4-8-16-32)29(23-9-5-3-6-10-23)24-11-13-25(33)14-12-24/h3-15,29H,2,16-22,34H2,1H3. The van der Waals surface area contributed by atoms with Gasteiger partial charge in [0.05, 0.1) is 30.8 Å². The normalized spacial score (nSPS) is 20.1. The van der Waals surface area contributed by atoms with Crippen LogP contribution in [0.5, 0.6) is 0 Å². The van der Waals surface area contributed by atoms with E-state index in [-0.39, 0.29) is 30.2 Å². The first-order valence-electron chi connectivity index (χ1n) is 14.0. The van der Waals surface area contributed by atoms with E-state index in [0.717, 1.165) is 49.0 Å². The largest absolute Gasteiger partial charge is 0.466 e. The van der Waals surface area contributed by atoms with Crippen molar-refractivity contribution in [2.75, 3.05) is 45.1 Å². The second-order valence-corrected chi connectivity index (χ2v) is 11.8. The van der Waals surface area contributed by atoms with E-state index in [1.165, 1.54) is 11.1 Å². The number of thiazole rings is 1. The van der Waals surface area contributed by atoms with Crippen molar-refractivity contribution in [3.8, 4) is 0 Å². The van der Waals surface area contributed by atoms with Crippen molar-refractivity contribution in [1.29, 1.82) is 0 Å². The summed E-state index contributed by atoms with van der Waals surface area (Å²) in [5, 5.41) is 1.45. The molecular formula is C32H35ClN4O3S. The smallest absolute Gasteiger partial charge is 0.311 e. The molecule has 2 unspecified atom stereocenters. The third kappa shape index (κ3) is 6.62. The van der Waals surface area contributed by atoms with Crippen LogP contribution in [0.1, 0.15) is 45.9 Å². The number of Topliss-reactive ketones (excluding diaryl/α,β-unsaturated/α-hetero) is 1. The second-order valence-electron chi connectivity index (χ2n) is 10.4. The molecule has 9 heteroatoms. The van der Waals surface area contributed by atoms with Gasteiger partial charge in [0.25, 0.3) is 0 Å². The van der Waals surface area contributed by atoms with Crippen molar-refractivity contribution in [1.82, 2.24) is 14.8 Å². The first-order valence-corrected chi connectivity index (χ1v) is 15.1. The molecule has 41 heavy (non-hydrogen) atoms. The first kappa shape index (κ1) is 29.2. The van der Waals surface area contributed by atoms with E-state index < -0.39 is 5.97 Å². The molecule has 1 aromatic heterocycles. The Bertz CT molecular complexity index is 1410. The number of nitrogens with two attached hydrogens (primary N) is 1. The molecule has 0 amide bonds. The van der Waals surface area contributed by atoms with Gasteiger partial charge in [-0.15, -0.1) is 0 Å². The maximum atomic E-state index is 13.1. The molecule has 0 spiro atoms. The molecule has 0 saturated carbocycles. The zero-order chi connectivity index (χ0) is 28.8. The molecule has 0 radical (unpaired) electrons. The number of ether oxygens (including phenoxy) is 1. The second kappa shape index (κ2) is 13.1. The van der Waals surface area contributed by atoms with Gasteiger partial charge in [0.15, 0.2) is 5.01 Å². The van der Waals surface area contributed by atoms with Crippen LogP contribution in [0, 0.1) is 0 Å². The van der Waals surface area contributed by atoms with Crippen LogP contribution in [-0.4, -0.2) is 71.4 Å². The molecular weight excluding hydrogens is 556 g/mol. The number of hydrogen-bond acceptors (Lipinski definition) is 8. The van der Waals surface area contributed by atoms with E-state index in [2.05, 4.69) is 81.6 Å². The summed E-state index contributed by atoms with van der Waals surface area (Å²) < 4.78 is 5.00. The fourth-order valence-electron chi connectivity index (χ4n) is 5.88. The van der Waals surface area contributed by atoms with Crippen LogP contribution >= 0.6 is 22.9 Å². The molecule has 5 rings (SSSR count). The van der Waals surface area contributed by atoms with Crippen LogP contribution in [0.25, 0.3) is 0 Å². The highest BCUT2D eigenvalue weighted by atomic mass is 35.5. The van der Waals surface area contributed by atoms with Crippen LogP contribution in [0.4, 0.5) is 5.00 Å². The lowest BCUT2D eigenvalue weighted by molar-refractivity contribution is -0.142. The third-order valence-corrected chi connectivity index (χ3v) is 9.04. The molecule has 2 aromatic carbocycles. The number of nitrogen functional groups attached to an aromatic ring is 1. The van der Waals surface area contributed by atoms with E-state index in [9.17, 15) is 9.59 Å². The number of allylic oxidation sites excluding steroid dienone is 2. The lowest BCUT2D eigenvalue weighted by Gasteiger charge is -2.51. The van der Waals surface area contributed by atoms with E-state index in [0.29, 0.717) is 22.3 Å². The number of piperazine rings is 1. The van der Waals surface area contributed by atoms with Crippen molar-refractivity contribution < 1.29 is 14.3 Å². The Morgan fingerprint density at radius 1 is 1.05 bits per heavy atom. The van der Waals surface area contributed by atoms with E-state index in [1.807, 2.05) is 12.1 Å². The zero-order valence-corrected chi connectivity index (χ0v) is 24.7. The number of aromatic nitrogens is 1. The Morgan fingerprint density at radius 2 is 1.76 bits per heavy atom. The minimum Gasteiger partial charge on any atom is -0.466 e. The number of rotatable bonds is 10. The van der Waals surface area contributed by atoms with Crippen molar-refractivity contribution in [2.45, 2.75) is 31.2 Å². The molecule has 1 saturated heterocycles. The monoisotopic (exact) mass is 590 g/mol. The minimum absolute atomic E-state index is 0.0254. The highest BCUT2D eigenvalue weighted by Crippen LogP contribution is 2.44. The number of nitrogens with zero attached hydrogens (tertiary/aromatic N) is 3. The van der Waals surface area contributed by atoms with Crippen LogP contribution in [0.15, 0.2) is 78.9 Å². The summed E-state index contributed by atoms with van der Waals surface area (Å²) in [6, 6.07) is 18.9. The summed E-state index contributed by atoms with van der Waals surface area (Å²) in [4.78, 5) is 34.1. The molecule has 2 heterocycles. The van der Waals surface area contributed by atoms with Gasteiger partial charge in [0, 0.05) is 37.1 Å². The van der Waals surface area contributed by atoms with Gasteiger partial charge in [0.2, 0.25) is 5.78 Å². The fourth-order valence-corrected chi connectivity index (χ4v) is 6.78. The minimum atomic E-state index is -0.396. The van der Waals surface area contributed by atoms with Crippen molar-refractivity contribution in [3.63, 3.8) is 0 Å². The van der Waals surface area contributed by atoms with Gasteiger partial charge in [0.1, 0.15) is 5.00 Å². The SMILES string of the molecule is CCOC(=O)Cc1nc(C(=O)CN2CCN(C3(C(c4ccccc4)c4ccc(Cl)cc4)C=CC=CC3)CC2)sc1N. The first-order chi connectivity index (χ1) is 19.9. The summed E-state index contributed by atoms with van der Waals surface area (Å²) in [6.45, 7) is 5.45. The average Bonchev–Trinajstić information content (AvgIpc) is 3.35. The molecule has 1 aliphatic heterocycles. The molecule has 1 fully saturated rings. The Labute approximate surface area is 250 Å². The molecule has 2 N–H and O–H groups in total. The maximum Gasteiger partial charge on any atom is 0.311 e. The van der Waals surface area contributed by atoms with Gasteiger partial charge in [-0.3, -0.25) is 19.4 Å². The number of anilines is 1. The van der Waals surface area contributed by atoms with Crippen LogP contribution in [0.3, 0.4) is 0 Å². The topological polar surface area (TPSA) is 88.8 Å². The maximum absolute atomic E-state index is 13.1. The number of benzene rings is 2. The van der Waals surface area contributed by atoms with E-state index >= 15 is 0 Å². The average molecular weight is 591 g/mol. The van der Waals surface area contributed by atoms with E-state index in [4.69, 9.17) is 22.1 Å². The van der Waals surface area contributed by atoms with Gasteiger partial charge in [-0.1, -0.05) is 89.7 Å². The summed E-state index contributed by atoms with van der Waals surface area (Å²) in [5.74, 6) is -0.372. The predicted molar refractivity (Wildman–Crippen MR) is 165 cm³/mol. The van der Waals surface area contributed by atoms with Gasteiger partial charge < -0.3 is 10.5 Å². The van der Waals surface area contributed by atoms with Crippen LogP contribution < -0.4 is 5.73 Å². The Hall–Kier alpha value is -3.30. The van der Waals surface area contributed by atoms with E-state index in [1.54, 1.807) is 6.92 Å². The highest BCUT2D eigenvalue weighted by Gasteiger charge is 2.44. The molecule has 2 atom stereocenters. The quantitative estimate of drug-likeness (QED) is 0.251. The number of carbonyl (C=O) groups excluding carboxylic acids is 2. The number of halogens is 1. The lowest BCUT2D eigenvalue weighted by atomic mass is 9.70. The Kier molecular flexibility index (Phi) is 9.35. The molecule has 0 bridgehead atoms. The van der Waals surface area contributed by atoms with Crippen LogP contribution in [0.2, 0.25) is 5.02 Å². The molecule has 2 aliphatic rings. The molecule has 7 nitrogen and oxygen atoms in total. The number of hydrogen-bond donors (Lipinski definition) is 1. The summed E-state index contributed by atoms with van der Waals surface area (Å²) in [7, 11) is 0. The molecule has 1 aliphatic carbocycles.